The number of fused-ring (bicyclic) bond motifs is 1. The van der Waals surface area contributed by atoms with Crippen LogP contribution in [-0.2, 0) is 22.6 Å². The predicted molar refractivity (Wildman–Crippen MR) is 104 cm³/mol. The lowest BCUT2D eigenvalue weighted by atomic mass is 10.1. The number of rotatable bonds is 4. The van der Waals surface area contributed by atoms with E-state index in [0.29, 0.717) is 25.1 Å². The minimum Gasteiger partial charge on any atom is -0.493 e. The van der Waals surface area contributed by atoms with Crippen molar-refractivity contribution in [1.82, 2.24) is 5.32 Å². The van der Waals surface area contributed by atoms with E-state index in [2.05, 4.69) is 5.32 Å². The number of hydrogen-bond donors (Lipinski definition) is 1. The molecular formula is C21H20ClFN2O3. The third-order valence-electron chi connectivity index (χ3n) is 5.11. The number of amides is 2. The highest BCUT2D eigenvalue weighted by Gasteiger charge is 2.37. The summed E-state index contributed by atoms with van der Waals surface area (Å²) in [5.41, 5.74) is 2.43. The SMILES string of the molecule is O=C(NCc1cc(F)cc(Cl)c1)C1CCN(c2ccc3c(c2)CCCO3)C1=O. The molecule has 0 spiro atoms. The van der Waals surface area contributed by atoms with E-state index in [0.717, 1.165) is 29.8 Å². The minimum atomic E-state index is -0.740. The highest BCUT2D eigenvalue weighted by molar-refractivity contribution is 6.30. The molecule has 146 valence electrons. The van der Waals surface area contributed by atoms with Crippen molar-refractivity contribution in [3.05, 3.63) is 58.4 Å². The molecule has 0 aromatic heterocycles. The molecule has 2 amide bonds. The molecule has 7 heteroatoms. The standard InChI is InChI=1S/C21H20ClFN2O3/c22-15-8-13(9-16(23)11-15)12-24-20(26)18-5-6-25(21(18)27)17-3-4-19-14(10-17)2-1-7-28-19/h3-4,8-11,18H,1-2,5-7,12H2,(H,24,26). The Balaban J connectivity index is 1.41. The van der Waals surface area contributed by atoms with Gasteiger partial charge in [0.15, 0.2) is 0 Å². The fourth-order valence-corrected chi connectivity index (χ4v) is 3.96. The second-order valence-corrected chi connectivity index (χ2v) is 7.51. The van der Waals surface area contributed by atoms with E-state index in [1.807, 2.05) is 18.2 Å². The summed E-state index contributed by atoms with van der Waals surface area (Å²) in [5.74, 6) is -0.905. The summed E-state index contributed by atoms with van der Waals surface area (Å²) in [7, 11) is 0. The van der Waals surface area contributed by atoms with Crippen LogP contribution in [0.25, 0.3) is 0 Å². The minimum absolute atomic E-state index is 0.121. The van der Waals surface area contributed by atoms with E-state index in [1.165, 1.54) is 12.1 Å². The molecule has 1 unspecified atom stereocenters. The first-order valence-corrected chi connectivity index (χ1v) is 9.69. The molecule has 4 rings (SSSR count). The molecule has 2 aliphatic heterocycles. The zero-order valence-electron chi connectivity index (χ0n) is 15.2. The number of hydrogen-bond acceptors (Lipinski definition) is 3. The van der Waals surface area contributed by atoms with Gasteiger partial charge < -0.3 is 15.0 Å². The van der Waals surface area contributed by atoms with E-state index in [4.69, 9.17) is 16.3 Å². The normalized spacial score (nSPS) is 18.6. The van der Waals surface area contributed by atoms with Gasteiger partial charge in [0.05, 0.1) is 6.61 Å². The number of anilines is 1. The number of halogens is 2. The van der Waals surface area contributed by atoms with Crippen LogP contribution >= 0.6 is 11.6 Å². The zero-order valence-corrected chi connectivity index (χ0v) is 16.0. The molecule has 0 saturated carbocycles. The van der Waals surface area contributed by atoms with E-state index >= 15 is 0 Å². The van der Waals surface area contributed by atoms with Gasteiger partial charge in [0.25, 0.3) is 0 Å². The van der Waals surface area contributed by atoms with Gasteiger partial charge in [-0.05, 0) is 66.8 Å². The Kier molecular flexibility index (Phi) is 5.22. The van der Waals surface area contributed by atoms with Crippen molar-refractivity contribution in [2.45, 2.75) is 25.8 Å². The average molecular weight is 403 g/mol. The van der Waals surface area contributed by atoms with E-state index in [1.54, 1.807) is 11.0 Å². The van der Waals surface area contributed by atoms with Crippen LogP contribution in [0.15, 0.2) is 36.4 Å². The molecule has 2 aliphatic rings. The van der Waals surface area contributed by atoms with Crippen LogP contribution in [-0.4, -0.2) is 25.0 Å². The van der Waals surface area contributed by atoms with Gasteiger partial charge in [-0.1, -0.05) is 11.6 Å². The number of aryl methyl sites for hydroxylation is 1. The summed E-state index contributed by atoms with van der Waals surface area (Å²) in [6.45, 7) is 1.33. The van der Waals surface area contributed by atoms with Gasteiger partial charge in [0.1, 0.15) is 17.5 Å². The Hall–Kier alpha value is -2.60. The summed E-state index contributed by atoms with van der Waals surface area (Å²) in [6, 6.07) is 9.82. The van der Waals surface area contributed by atoms with Crippen molar-refractivity contribution in [2.75, 3.05) is 18.1 Å². The zero-order chi connectivity index (χ0) is 19.7. The van der Waals surface area contributed by atoms with Crippen molar-refractivity contribution in [2.24, 2.45) is 5.92 Å². The Bertz CT molecular complexity index is 914. The number of nitrogens with zero attached hydrogens (tertiary/aromatic N) is 1. The van der Waals surface area contributed by atoms with Gasteiger partial charge in [-0.25, -0.2) is 4.39 Å². The Morgan fingerprint density at radius 2 is 2.14 bits per heavy atom. The molecule has 0 bridgehead atoms. The summed E-state index contributed by atoms with van der Waals surface area (Å²) >= 11 is 5.83. The molecule has 1 fully saturated rings. The number of ether oxygens (including phenoxy) is 1. The Labute approximate surface area is 167 Å². The molecule has 28 heavy (non-hydrogen) atoms. The lowest BCUT2D eigenvalue weighted by Crippen LogP contribution is -2.36. The topological polar surface area (TPSA) is 58.6 Å². The first-order chi connectivity index (χ1) is 13.5. The van der Waals surface area contributed by atoms with Gasteiger partial charge in [-0.15, -0.1) is 0 Å². The lowest BCUT2D eigenvalue weighted by molar-refractivity contribution is -0.132. The predicted octanol–water partition coefficient (Wildman–Crippen LogP) is 3.47. The molecular weight excluding hydrogens is 383 g/mol. The summed E-state index contributed by atoms with van der Waals surface area (Å²) < 4.78 is 19.0. The third-order valence-corrected chi connectivity index (χ3v) is 5.33. The maximum Gasteiger partial charge on any atom is 0.239 e. The highest BCUT2D eigenvalue weighted by Crippen LogP contribution is 2.32. The molecule has 1 atom stereocenters. The highest BCUT2D eigenvalue weighted by atomic mass is 35.5. The molecule has 2 aromatic carbocycles. The van der Waals surface area contributed by atoms with Gasteiger partial charge in [-0.3, -0.25) is 9.59 Å². The Morgan fingerprint density at radius 3 is 2.96 bits per heavy atom. The molecule has 1 N–H and O–H groups in total. The van der Waals surface area contributed by atoms with Crippen LogP contribution in [0.3, 0.4) is 0 Å². The second-order valence-electron chi connectivity index (χ2n) is 7.07. The molecule has 5 nitrogen and oxygen atoms in total. The van der Waals surface area contributed by atoms with Crippen LogP contribution < -0.4 is 15.0 Å². The van der Waals surface area contributed by atoms with Crippen LogP contribution in [0.1, 0.15) is 24.0 Å². The van der Waals surface area contributed by atoms with Crippen molar-refractivity contribution >= 4 is 29.1 Å². The largest absolute Gasteiger partial charge is 0.493 e. The van der Waals surface area contributed by atoms with Crippen molar-refractivity contribution < 1.29 is 18.7 Å². The molecule has 2 aromatic rings. The maximum absolute atomic E-state index is 13.4. The van der Waals surface area contributed by atoms with Crippen molar-refractivity contribution in [3.8, 4) is 5.75 Å². The summed E-state index contributed by atoms with van der Waals surface area (Å²) in [6.07, 6.45) is 2.33. The smallest absolute Gasteiger partial charge is 0.239 e. The number of carbonyl (C=O) groups excluding carboxylic acids is 2. The average Bonchev–Trinajstić information content (AvgIpc) is 3.06. The van der Waals surface area contributed by atoms with Crippen molar-refractivity contribution in [3.63, 3.8) is 0 Å². The monoisotopic (exact) mass is 402 g/mol. The van der Waals surface area contributed by atoms with Crippen LogP contribution in [0.4, 0.5) is 10.1 Å². The molecule has 0 aliphatic carbocycles. The molecule has 2 heterocycles. The van der Waals surface area contributed by atoms with Gasteiger partial charge in [-0.2, -0.15) is 0 Å². The summed E-state index contributed by atoms with van der Waals surface area (Å²) in [5, 5.41) is 2.98. The lowest BCUT2D eigenvalue weighted by Gasteiger charge is -2.22. The second kappa shape index (κ2) is 7.80. The van der Waals surface area contributed by atoms with E-state index < -0.39 is 11.7 Å². The van der Waals surface area contributed by atoms with E-state index in [9.17, 15) is 14.0 Å². The van der Waals surface area contributed by atoms with Crippen LogP contribution in [0.5, 0.6) is 5.75 Å². The first kappa shape index (κ1) is 18.7. The molecule has 0 radical (unpaired) electrons. The van der Waals surface area contributed by atoms with Gasteiger partial charge in [0, 0.05) is 23.8 Å². The first-order valence-electron chi connectivity index (χ1n) is 9.31. The number of nitrogens with one attached hydrogen (secondary N) is 1. The van der Waals surface area contributed by atoms with E-state index in [-0.39, 0.29) is 23.4 Å². The van der Waals surface area contributed by atoms with Crippen LogP contribution in [0, 0.1) is 11.7 Å². The maximum atomic E-state index is 13.4. The fraction of sp³-hybridized carbons (Fsp3) is 0.333. The Morgan fingerprint density at radius 1 is 1.29 bits per heavy atom. The van der Waals surface area contributed by atoms with Gasteiger partial charge in [0.2, 0.25) is 11.8 Å². The van der Waals surface area contributed by atoms with Gasteiger partial charge >= 0.3 is 0 Å². The third kappa shape index (κ3) is 3.83. The molecule has 1 saturated heterocycles. The van der Waals surface area contributed by atoms with Crippen molar-refractivity contribution in [1.29, 1.82) is 0 Å². The summed E-state index contributed by atoms with van der Waals surface area (Å²) in [4.78, 5) is 26.9. The quantitative estimate of drug-likeness (QED) is 0.796. The number of benzene rings is 2. The number of carbonyl (C=O) groups is 2. The fourth-order valence-electron chi connectivity index (χ4n) is 3.72. The van der Waals surface area contributed by atoms with Crippen LogP contribution in [0.2, 0.25) is 5.02 Å².